The predicted octanol–water partition coefficient (Wildman–Crippen LogP) is 11.4. The minimum absolute atomic E-state index is 0. The molecule has 0 aliphatic heterocycles. The molecular formula is C31H66BSi2. The Balaban J connectivity index is 0.00000385. The van der Waals surface area contributed by atoms with E-state index in [0.29, 0.717) is 0 Å². The lowest BCUT2D eigenvalue weighted by Crippen LogP contribution is -2.35. The summed E-state index contributed by atoms with van der Waals surface area (Å²) in [6.07, 6.45) is 25.0. The lowest BCUT2D eigenvalue weighted by molar-refractivity contribution is 0.181. The summed E-state index contributed by atoms with van der Waals surface area (Å²) in [4.78, 5) is 0. The second-order valence-electron chi connectivity index (χ2n) is 14.3. The maximum absolute atomic E-state index is 2.68. The van der Waals surface area contributed by atoms with E-state index in [4.69, 9.17) is 0 Å². The molecule has 0 saturated heterocycles. The van der Waals surface area contributed by atoms with Crippen molar-refractivity contribution in [3.8, 4) is 0 Å². The standard InChI is InChI=1S/C30H60Si2.CH4.B.H2/c1-7-21-31(3,4)29-17-13-27(14-18-29)23-25-9-11-26(12-10-25)24-28-15-19-30(20-16-28)32(5,6)22-8-2;;;/h25-30H,7-24H2,1-6H3;1H4;;1H/i;;;1+1. The van der Waals surface area contributed by atoms with E-state index >= 15 is 0 Å². The van der Waals surface area contributed by atoms with Crippen LogP contribution < -0.4 is 0 Å². The molecule has 0 nitrogen and oxygen atoms in total. The van der Waals surface area contributed by atoms with Crippen LogP contribution in [0.5, 0.6) is 0 Å². The fourth-order valence-electron chi connectivity index (χ4n) is 8.70. The molecular weight excluding hydrogens is 439 g/mol. The van der Waals surface area contributed by atoms with Crippen molar-refractivity contribution >= 4 is 24.6 Å². The van der Waals surface area contributed by atoms with Crippen molar-refractivity contribution in [2.75, 3.05) is 0 Å². The SMILES string of the molecule is C.CCC[Si](C)(C)C1CCC(CC2CCC(CC3CCC([Si](C)(C)CCC)CC3)CC2)CC1.[2HH].[B]. The second kappa shape index (κ2) is 15.0. The van der Waals surface area contributed by atoms with Crippen molar-refractivity contribution in [1.29, 1.82) is 0 Å². The van der Waals surface area contributed by atoms with Gasteiger partial charge in [-0.05, 0) is 47.6 Å². The summed E-state index contributed by atoms with van der Waals surface area (Å²) in [7, 11) is -1.86. The first-order valence-corrected chi connectivity index (χ1v) is 21.8. The summed E-state index contributed by atoms with van der Waals surface area (Å²) in [5, 5.41) is 0. The molecule has 0 bridgehead atoms. The molecule has 0 unspecified atom stereocenters. The van der Waals surface area contributed by atoms with Crippen LogP contribution in [0.1, 0.15) is 125 Å². The van der Waals surface area contributed by atoms with Gasteiger partial charge in [-0.2, -0.15) is 0 Å². The van der Waals surface area contributed by atoms with Crippen LogP contribution in [0.4, 0.5) is 0 Å². The van der Waals surface area contributed by atoms with E-state index in [1.165, 1.54) is 12.8 Å². The van der Waals surface area contributed by atoms with Gasteiger partial charge in [0.05, 0.1) is 16.1 Å². The Morgan fingerprint density at radius 2 is 0.735 bits per heavy atom. The van der Waals surface area contributed by atoms with Crippen LogP contribution in [-0.4, -0.2) is 24.6 Å². The fraction of sp³-hybridized carbons (Fsp3) is 1.00. The van der Waals surface area contributed by atoms with E-state index in [1.807, 2.05) is 0 Å². The van der Waals surface area contributed by atoms with E-state index in [2.05, 4.69) is 40.0 Å². The van der Waals surface area contributed by atoms with Crippen molar-refractivity contribution in [2.45, 2.75) is 173 Å². The lowest BCUT2D eigenvalue weighted by Gasteiger charge is -2.40. The average molecular weight is 507 g/mol. The van der Waals surface area contributed by atoms with Crippen molar-refractivity contribution in [3.63, 3.8) is 0 Å². The number of rotatable bonds is 10. The van der Waals surface area contributed by atoms with Gasteiger partial charge < -0.3 is 0 Å². The number of hydrogen-bond acceptors (Lipinski definition) is 0. The van der Waals surface area contributed by atoms with E-state index < -0.39 is 16.1 Å². The minimum Gasteiger partial charge on any atom is -0.0776 e. The summed E-state index contributed by atoms with van der Waals surface area (Å²) in [5.74, 6) is 4.35. The molecule has 3 rings (SSSR count). The zero-order valence-electron chi connectivity index (χ0n) is 23.8. The summed E-state index contributed by atoms with van der Waals surface area (Å²) >= 11 is 0. The molecule has 0 spiro atoms. The summed E-state index contributed by atoms with van der Waals surface area (Å²) in [6, 6.07) is 3.12. The molecule has 201 valence electrons. The highest BCUT2D eigenvalue weighted by atomic mass is 28.3. The Hall–Kier alpha value is 0.499. The van der Waals surface area contributed by atoms with Gasteiger partial charge in [-0.3, -0.25) is 0 Å². The molecule has 3 fully saturated rings. The van der Waals surface area contributed by atoms with Crippen molar-refractivity contribution in [1.82, 2.24) is 0 Å². The zero-order valence-corrected chi connectivity index (χ0v) is 25.8. The quantitative estimate of drug-likeness (QED) is 0.258. The van der Waals surface area contributed by atoms with Crippen LogP contribution in [0.2, 0.25) is 49.4 Å². The van der Waals surface area contributed by atoms with E-state index in [9.17, 15) is 0 Å². The van der Waals surface area contributed by atoms with Crippen LogP contribution in [0, 0.1) is 23.7 Å². The van der Waals surface area contributed by atoms with Gasteiger partial charge in [0.25, 0.3) is 0 Å². The predicted molar refractivity (Wildman–Crippen MR) is 166 cm³/mol. The Bertz CT molecular complexity index is 480. The first kappa shape index (κ1) is 32.5. The maximum atomic E-state index is 2.68. The van der Waals surface area contributed by atoms with Gasteiger partial charge in [-0.25, -0.2) is 0 Å². The van der Waals surface area contributed by atoms with Gasteiger partial charge in [-0.1, -0.05) is 149 Å². The fourth-order valence-corrected chi connectivity index (χ4v) is 15.9. The monoisotopic (exact) mass is 506 g/mol. The first-order chi connectivity index (χ1) is 15.2. The Morgan fingerprint density at radius 1 is 0.500 bits per heavy atom. The van der Waals surface area contributed by atoms with E-state index in [1.54, 1.807) is 102 Å². The van der Waals surface area contributed by atoms with Gasteiger partial charge in [0, 0.05) is 9.84 Å². The third kappa shape index (κ3) is 9.42. The third-order valence-electron chi connectivity index (χ3n) is 11.0. The second-order valence-corrected chi connectivity index (χ2v) is 24.9. The topological polar surface area (TPSA) is 0 Å². The summed E-state index contributed by atoms with van der Waals surface area (Å²) in [5.41, 5.74) is 2.28. The van der Waals surface area contributed by atoms with Crippen LogP contribution >= 0.6 is 0 Å². The van der Waals surface area contributed by atoms with Gasteiger partial charge in [0.1, 0.15) is 0 Å². The Morgan fingerprint density at radius 3 is 0.971 bits per heavy atom. The highest BCUT2D eigenvalue weighted by Crippen LogP contribution is 2.47. The molecule has 3 aliphatic rings. The van der Waals surface area contributed by atoms with Gasteiger partial charge >= 0.3 is 0 Å². The highest BCUT2D eigenvalue weighted by molar-refractivity contribution is 6.79. The Labute approximate surface area is 222 Å². The minimum atomic E-state index is -0.932. The first-order valence-electron chi connectivity index (χ1n) is 15.2. The van der Waals surface area contributed by atoms with Crippen LogP contribution in [0.25, 0.3) is 0 Å². The molecule has 0 heterocycles. The van der Waals surface area contributed by atoms with Gasteiger partial charge in [0.15, 0.2) is 0 Å². The van der Waals surface area contributed by atoms with Gasteiger partial charge in [-0.15, -0.1) is 0 Å². The van der Waals surface area contributed by atoms with Crippen molar-refractivity contribution in [2.24, 2.45) is 23.7 Å². The molecule has 3 saturated carbocycles. The van der Waals surface area contributed by atoms with Crippen LogP contribution in [0.3, 0.4) is 0 Å². The molecule has 0 N–H and O–H groups in total. The highest BCUT2D eigenvalue weighted by Gasteiger charge is 2.36. The molecule has 3 aliphatic carbocycles. The normalized spacial score (nSPS) is 33.0. The third-order valence-corrected chi connectivity index (χ3v) is 20.1. The molecule has 3 heteroatoms. The average Bonchev–Trinajstić information content (AvgIpc) is 2.76. The smallest absolute Gasteiger partial charge is 0.0504 e. The Kier molecular flexibility index (Phi) is 14.4. The number of hydrogen-bond donors (Lipinski definition) is 0. The van der Waals surface area contributed by atoms with Crippen molar-refractivity contribution in [3.05, 3.63) is 0 Å². The van der Waals surface area contributed by atoms with E-state index in [-0.39, 0.29) is 17.3 Å². The zero-order chi connectivity index (χ0) is 23.2. The molecule has 0 atom stereocenters. The summed E-state index contributed by atoms with van der Waals surface area (Å²) in [6.45, 7) is 15.5. The van der Waals surface area contributed by atoms with E-state index in [0.717, 1.165) is 34.8 Å². The molecule has 0 amide bonds. The molecule has 0 aromatic rings. The van der Waals surface area contributed by atoms with Gasteiger partial charge in [0.2, 0.25) is 0 Å². The summed E-state index contributed by atoms with van der Waals surface area (Å²) < 4.78 is 0. The molecule has 0 aromatic heterocycles. The maximum Gasteiger partial charge on any atom is 0.0504 e. The molecule has 0 aromatic carbocycles. The largest absolute Gasteiger partial charge is 0.0776 e. The lowest BCUT2D eigenvalue weighted by atomic mass is 9.72. The molecule has 3 radical (unpaired) electrons. The molecule has 34 heavy (non-hydrogen) atoms. The van der Waals surface area contributed by atoms with Crippen molar-refractivity contribution < 1.29 is 1.43 Å². The van der Waals surface area contributed by atoms with Crippen LogP contribution in [0.15, 0.2) is 0 Å². The van der Waals surface area contributed by atoms with Crippen LogP contribution in [-0.2, 0) is 0 Å².